The van der Waals surface area contributed by atoms with Crippen molar-refractivity contribution >= 4 is 11.8 Å². The zero-order valence-electron chi connectivity index (χ0n) is 15.8. The molecule has 0 aromatic rings. The van der Waals surface area contributed by atoms with E-state index >= 15 is 0 Å². The molecule has 4 heteroatoms. The Balaban J connectivity index is 1.67. The van der Waals surface area contributed by atoms with Gasteiger partial charge in [0.2, 0.25) is 0 Å². The molecular weight excluding hydrogens is 328 g/mol. The molecule has 0 saturated heterocycles. The first-order valence-electron chi connectivity index (χ1n) is 10.1. The van der Waals surface area contributed by atoms with Crippen LogP contribution in [0.25, 0.3) is 0 Å². The second-order valence-electron chi connectivity index (χ2n) is 9.49. The van der Waals surface area contributed by atoms with Crippen LogP contribution in [0.15, 0.2) is 23.8 Å². The highest BCUT2D eigenvalue weighted by Crippen LogP contribution is 2.65. The Morgan fingerprint density at radius 3 is 2.73 bits per heavy atom. The minimum absolute atomic E-state index is 0.0213. The highest BCUT2D eigenvalue weighted by molar-refractivity contribution is 5.91. The van der Waals surface area contributed by atoms with Crippen molar-refractivity contribution in [2.45, 2.75) is 70.8 Å². The molecule has 0 spiro atoms. The fourth-order valence-corrected chi connectivity index (χ4v) is 6.75. The van der Waals surface area contributed by atoms with E-state index in [9.17, 15) is 14.7 Å². The van der Waals surface area contributed by atoms with Gasteiger partial charge in [-0.25, -0.2) is 0 Å². The molecule has 0 aromatic carbocycles. The number of allylic oxidation sites excluding steroid dienone is 3. The summed E-state index contributed by atoms with van der Waals surface area (Å²) in [5.41, 5.74) is 0.126. The Bertz CT molecular complexity index is 707. The lowest BCUT2D eigenvalue weighted by Gasteiger charge is -2.56. The minimum Gasteiger partial charge on any atom is -0.481 e. The summed E-state index contributed by atoms with van der Waals surface area (Å²) in [4.78, 5) is 22.9. The van der Waals surface area contributed by atoms with E-state index in [-0.39, 0.29) is 23.0 Å². The summed E-state index contributed by atoms with van der Waals surface area (Å²) in [7, 11) is 0. The van der Waals surface area contributed by atoms with Crippen molar-refractivity contribution in [3.05, 3.63) is 23.8 Å². The molecule has 0 unspecified atom stereocenters. The average molecular weight is 358 g/mol. The molecule has 0 bridgehead atoms. The third kappa shape index (κ3) is 2.37. The number of carboxylic acid groups (broad SMARTS) is 1. The molecular formula is C22H30O4. The monoisotopic (exact) mass is 358 g/mol. The van der Waals surface area contributed by atoms with Crippen molar-refractivity contribution in [3.63, 3.8) is 0 Å². The maximum absolute atomic E-state index is 11.9. The lowest BCUT2D eigenvalue weighted by atomic mass is 9.49. The number of hydrogen-bond acceptors (Lipinski definition) is 3. The quantitative estimate of drug-likeness (QED) is 0.751. The second kappa shape index (κ2) is 5.79. The van der Waals surface area contributed by atoms with Gasteiger partial charge in [-0.15, -0.1) is 0 Å². The van der Waals surface area contributed by atoms with E-state index in [0.717, 1.165) is 25.7 Å². The molecule has 0 radical (unpaired) electrons. The number of rotatable bonds is 3. The number of carbonyl (C=O) groups is 2. The Hall–Kier alpha value is -1.42. The molecule has 26 heavy (non-hydrogen) atoms. The Kier molecular flexibility index (Phi) is 4.00. The molecule has 142 valence electrons. The first kappa shape index (κ1) is 18.0. The minimum atomic E-state index is -0.920. The lowest BCUT2D eigenvalue weighted by molar-refractivity contribution is -0.140. The molecule has 2 fully saturated rings. The largest absolute Gasteiger partial charge is 0.481 e. The second-order valence-corrected chi connectivity index (χ2v) is 9.49. The predicted octanol–water partition coefficient (Wildman–Crippen LogP) is 3.89. The van der Waals surface area contributed by atoms with Gasteiger partial charge in [0.1, 0.15) is 0 Å². The summed E-state index contributed by atoms with van der Waals surface area (Å²) in [5, 5.41) is 20.4. The van der Waals surface area contributed by atoms with Crippen LogP contribution in [-0.2, 0) is 9.59 Å². The third-order valence-electron chi connectivity index (χ3n) is 8.46. The standard InChI is InChI=1S/C22H30O4/c1-20-9-5-15(23)13-14(20)3-4-16-17(20)6-10-21(2)18(16)7-11-22(21,26)12-8-19(24)25/h6,10,13,16-18,26H,3-5,7-9,11-12H2,1-2H3,(H,24,25)/t16-,17+,18+,20+,21+,22+/m1/s1. The molecule has 0 aliphatic heterocycles. The summed E-state index contributed by atoms with van der Waals surface area (Å²) < 4.78 is 0. The molecule has 4 aliphatic rings. The maximum atomic E-state index is 11.9. The van der Waals surface area contributed by atoms with E-state index < -0.39 is 11.6 Å². The number of ketones is 1. The molecule has 0 heterocycles. The summed E-state index contributed by atoms with van der Waals surface area (Å²) in [6.07, 6.45) is 12.0. The first-order valence-corrected chi connectivity index (χ1v) is 10.1. The number of hydrogen-bond donors (Lipinski definition) is 2. The lowest BCUT2D eigenvalue weighted by Crippen LogP contribution is -2.52. The van der Waals surface area contributed by atoms with Gasteiger partial charge in [-0.2, -0.15) is 0 Å². The molecule has 2 saturated carbocycles. The van der Waals surface area contributed by atoms with Crippen LogP contribution in [-0.4, -0.2) is 27.6 Å². The first-order chi connectivity index (χ1) is 12.2. The highest BCUT2D eigenvalue weighted by atomic mass is 16.4. The third-order valence-corrected chi connectivity index (χ3v) is 8.46. The summed E-state index contributed by atoms with van der Waals surface area (Å²) >= 11 is 0. The average Bonchev–Trinajstić information content (AvgIpc) is 2.86. The van der Waals surface area contributed by atoms with Crippen LogP contribution < -0.4 is 0 Å². The van der Waals surface area contributed by atoms with Gasteiger partial charge >= 0.3 is 5.97 Å². The van der Waals surface area contributed by atoms with Crippen LogP contribution in [0.1, 0.15) is 65.2 Å². The van der Waals surface area contributed by atoms with Gasteiger partial charge in [0.25, 0.3) is 0 Å². The van der Waals surface area contributed by atoms with Crippen LogP contribution in [0.3, 0.4) is 0 Å². The Morgan fingerprint density at radius 2 is 2.00 bits per heavy atom. The number of aliphatic hydroxyl groups is 1. The fourth-order valence-electron chi connectivity index (χ4n) is 6.75. The molecule has 0 aromatic heterocycles. The van der Waals surface area contributed by atoms with E-state index in [1.807, 2.05) is 6.08 Å². The highest BCUT2D eigenvalue weighted by Gasteiger charge is 2.61. The molecule has 4 aliphatic carbocycles. The van der Waals surface area contributed by atoms with Crippen LogP contribution in [0.4, 0.5) is 0 Å². The van der Waals surface area contributed by atoms with E-state index in [1.165, 1.54) is 5.57 Å². The van der Waals surface area contributed by atoms with E-state index in [1.54, 1.807) is 0 Å². The van der Waals surface area contributed by atoms with E-state index in [2.05, 4.69) is 26.0 Å². The van der Waals surface area contributed by atoms with Gasteiger partial charge in [0, 0.05) is 18.3 Å². The van der Waals surface area contributed by atoms with Gasteiger partial charge in [0.05, 0.1) is 5.60 Å². The maximum Gasteiger partial charge on any atom is 0.303 e. The van der Waals surface area contributed by atoms with Crippen molar-refractivity contribution in [2.75, 3.05) is 0 Å². The van der Waals surface area contributed by atoms with Crippen LogP contribution in [0.2, 0.25) is 0 Å². The van der Waals surface area contributed by atoms with Crippen LogP contribution in [0.5, 0.6) is 0 Å². The van der Waals surface area contributed by atoms with Crippen molar-refractivity contribution in [1.29, 1.82) is 0 Å². The molecule has 4 nitrogen and oxygen atoms in total. The van der Waals surface area contributed by atoms with Crippen molar-refractivity contribution in [2.24, 2.45) is 28.6 Å². The molecule has 0 amide bonds. The fraction of sp³-hybridized carbons (Fsp3) is 0.727. The van der Waals surface area contributed by atoms with Gasteiger partial charge < -0.3 is 10.2 Å². The molecule has 4 rings (SSSR count). The predicted molar refractivity (Wildman–Crippen MR) is 98.4 cm³/mol. The van der Waals surface area contributed by atoms with E-state index in [0.29, 0.717) is 37.0 Å². The zero-order valence-corrected chi connectivity index (χ0v) is 15.8. The van der Waals surface area contributed by atoms with Crippen LogP contribution >= 0.6 is 0 Å². The van der Waals surface area contributed by atoms with Gasteiger partial charge in [-0.05, 0) is 67.8 Å². The smallest absolute Gasteiger partial charge is 0.303 e. The van der Waals surface area contributed by atoms with Crippen LogP contribution in [0, 0.1) is 28.6 Å². The van der Waals surface area contributed by atoms with Gasteiger partial charge in [-0.1, -0.05) is 31.6 Å². The van der Waals surface area contributed by atoms with Gasteiger partial charge in [-0.3, -0.25) is 9.59 Å². The summed E-state index contributed by atoms with van der Waals surface area (Å²) in [5.74, 6) is 0.765. The Labute approximate surface area is 155 Å². The SMILES string of the molecule is C[C@]12CCC(=O)C=C1CC[C@@H]1[C@@H]2C=C[C@@]2(C)[C@H]1CC[C@]2(O)CCC(=O)O. The number of carbonyl (C=O) groups excluding carboxylic acids is 1. The number of carboxylic acids is 1. The van der Waals surface area contributed by atoms with E-state index in [4.69, 9.17) is 5.11 Å². The normalized spacial score (nSPS) is 47.0. The van der Waals surface area contributed by atoms with Crippen molar-refractivity contribution in [1.82, 2.24) is 0 Å². The van der Waals surface area contributed by atoms with Crippen molar-refractivity contribution in [3.8, 4) is 0 Å². The summed E-state index contributed by atoms with van der Waals surface area (Å²) in [6, 6.07) is 0. The number of aliphatic carboxylic acids is 1. The van der Waals surface area contributed by atoms with Gasteiger partial charge in [0.15, 0.2) is 5.78 Å². The molecule has 2 N–H and O–H groups in total. The zero-order chi connectivity index (χ0) is 18.7. The van der Waals surface area contributed by atoms with Crippen molar-refractivity contribution < 1.29 is 19.8 Å². The Morgan fingerprint density at radius 1 is 1.23 bits per heavy atom. The molecule has 6 atom stereocenters. The number of fused-ring (bicyclic) bond motifs is 5. The summed E-state index contributed by atoms with van der Waals surface area (Å²) in [6.45, 7) is 4.46. The topological polar surface area (TPSA) is 74.6 Å².